The third kappa shape index (κ3) is 2.55. The number of benzene rings is 2. The number of halogens is 3. The van der Waals surface area contributed by atoms with Crippen LogP contribution in [0.15, 0.2) is 66.7 Å². The maximum atomic E-state index is 13.1. The molecule has 0 fully saturated rings. The highest BCUT2D eigenvalue weighted by molar-refractivity contribution is 5.97. The summed E-state index contributed by atoms with van der Waals surface area (Å²) in [5.74, 6) is 0. The maximum Gasteiger partial charge on any atom is 0.418 e. The third-order valence-electron chi connectivity index (χ3n) is 4.18. The van der Waals surface area contributed by atoms with Crippen molar-refractivity contribution >= 4 is 10.9 Å². The summed E-state index contributed by atoms with van der Waals surface area (Å²) >= 11 is 0. The molecule has 0 amide bonds. The van der Waals surface area contributed by atoms with Crippen LogP contribution in [0, 0.1) is 0 Å². The molecule has 1 heterocycles. The Morgan fingerprint density at radius 1 is 0.880 bits per heavy atom. The van der Waals surface area contributed by atoms with Crippen LogP contribution in [0.5, 0.6) is 0 Å². The van der Waals surface area contributed by atoms with Gasteiger partial charge in [-0.3, -0.25) is 0 Å². The van der Waals surface area contributed by atoms with Crippen LogP contribution in [0.2, 0.25) is 0 Å². The summed E-state index contributed by atoms with van der Waals surface area (Å²) in [6, 6.07) is 19.0. The summed E-state index contributed by atoms with van der Waals surface area (Å²) in [5.41, 5.74) is 2.01. The molecule has 25 heavy (non-hydrogen) atoms. The Morgan fingerprint density at radius 2 is 1.56 bits per heavy atom. The zero-order valence-electron chi connectivity index (χ0n) is 12.9. The Morgan fingerprint density at radius 3 is 2.28 bits per heavy atom. The van der Waals surface area contributed by atoms with Gasteiger partial charge in [-0.2, -0.15) is 18.3 Å². The first-order chi connectivity index (χ1) is 12.0. The molecule has 0 aromatic heterocycles. The molecule has 2 aromatic carbocycles. The van der Waals surface area contributed by atoms with E-state index in [-0.39, 0.29) is 5.56 Å². The number of alkyl halides is 3. The first kappa shape index (κ1) is 15.7. The van der Waals surface area contributed by atoms with Crippen LogP contribution in [0.1, 0.15) is 11.7 Å². The molecule has 0 unspecified atom stereocenters. The highest BCUT2D eigenvalue weighted by atomic mass is 19.4. The van der Waals surface area contributed by atoms with Gasteiger partial charge in [0, 0.05) is 10.9 Å². The van der Waals surface area contributed by atoms with Crippen molar-refractivity contribution in [2.24, 2.45) is 0 Å². The number of nitrogens with zero attached hydrogens (tertiary/aromatic N) is 2. The van der Waals surface area contributed by atoms with Gasteiger partial charge < -0.3 is 5.11 Å². The molecule has 2 aliphatic rings. The fraction of sp³-hybridized carbons (Fsp3) is 0.105. The second kappa shape index (κ2) is 5.60. The molecule has 0 bridgehead atoms. The lowest BCUT2D eigenvalue weighted by atomic mass is 10.0. The number of hydrogen-bond donors (Lipinski definition) is 1. The van der Waals surface area contributed by atoms with E-state index in [1.165, 1.54) is 6.07 Å². The SMILES string of the molecule is O[C@@H](c1ccc2n(-c3ccccc3)nc3ccccc3c1-2)C(F)(F)F. The van der Waals surface area contributed by atoms with Gasteiger partial charge in [0.25, 0.3) is 0 Å². The quantitative estimate of drug-likeness (QED) is 0.572. The summed E-state index contributed by atoms with van der Waals surface area (Å²) in [6.07, 6.45) is -7.27. The van der Waals surface area contributed by atoms with Gasteiger partial charge >= 0.3 is 6.18 Å². The van der Waals surface area contributed by atoms with Crippen molar-refractivity contribution in [3.63, 3.8) is 0 Å². The molecule has 0 spiro atoms. The lowest BCUT2D eigenvalue weighted by molar-refractivity contribution is -0.206. The van der Waals surface area contributed by atoms with Crippen LogP contribution in [0.4, 0.5) is 13.2 Å². The molecule has 2 aromatic rings. The summed E-state index contributed by atoms with van der Waals surface area (Å²) in [7, 11) is 0. The Hall–Kier alpha value is -2.86. The van der Waals surface area contributed by atoms with Gasteiger partial charge in [-0.1, -0.05) is 42.5 Å². The summed E-state index contributed by atoms with van der Waals surface area (Å²) in [4.78, 5) is 0. The smallest absolute Gasteiger partial charge is 0.379 e. The van der Waals surface area contributed by atoms with Crippen LogP contribution in [0.25, 0.3) is 27.8 Å². The Bertz CT molecular complexity index is 1010. The molecule has 4 rings (SSSR count). The number of hydrogen-bond acceptors (Lipinski definition) is 2. The van der Waals surface area contributed by atoms with Gasteiger partial charge in [0.2, 0.25) is 0 Å². The average Bonchev–Trinajstić information content (AvgIpc) is 3.05. The van der Waals surface area contributed by atoms with Gasteiger partial charge in [-0.15, -0.1) is 0 Å². The number of rotatable bonds is 2. The number of aliphatic hydroxyl groups excluding tert-OH is 1. The van der Waals surface area contributed by atoms with Gasteiger partial charge in [0.05, 0.1) is 16.9 Å². The summed E-state index contributed by atoms with van der Waals surface area (Å²) in [5, 5.41) is 14.9. The first-order valence-corrected chi connectivity index (χ1v) is 7.67. The predicted octanol–water partition coefficient (Wildman–Crippen LogP) is 4.73. The van der Waals surface area contributed by atoms with Crippen LogP contribution >= 0.6 is 0 Å². The minimum atomic E-state index is -4.73. The van der Waals surface area contributed by atoms with Crippen LogP contribution in [0.3, 0.4) is 0 Å². The fourth-order valence-corrected chi connectivity index (χ4v) is 3.06. The molecular formula is C19H13F3N2O. The molecule has 3 nitrogen and oxygen atoms in total. The minimum absolute atomic E-state index is 0.161. The van der Waals surface area contributed by atoms with E-state index >= 15 is 0 Å². The molecule has 0 saturated heterocycles. The second-order valence-corrected chi connectivity index (χ2v) is 5.76. The first-order valence-electron chi connectivity index (χ1n) is 7.67. The minimum Gasteiger partial charge on any atom is -0.379 e. The largest absolute Gasteiger partial charge is 0.418 e. The van der Waals surface area contributed by atoms with Crippen LogP contribution < -0.4 is 0 Å². The number of aliphatic hydroxyl groups is 1. The lowest BCUT2D eigenvalue weighted by Crippen LogP contribution is -2.20. The van der Waals surface area contributed by atoms with Gasteiger partial charge in [0.1, 0.15) is 0 Å². The molecule has 126 valence electrons. The van der Waals surface area contributed by atoms with Crippen molar-refractivity contribution < 1.29 is 18.3 Å². The maximum absolute atomic E-state index is 13.1. The number of aromatic nitrogens is 2. The highest BCUT2D eigenvalue weighted by Crippen LogP contribution is 2.43. The second-order valence-electron chi connectivity index (χ2n) is 5.76. The Balaban J connectivity index is 2.05. The normalized spacial score (nSPS) is 13.4. The van der Waals surface area contributed by atoms with Crippen molar-refractivity contribution in [3.05, 3.63) is 72.3 Å². The number of para-hydroxylation sites is 1. The Labute approximate surface area is 141 Å². The number of fused-ring (bicyclic) bond motifs is 3. The molecule has 1 N–H and O–H groups in total. The molecule has 1 aliphatic carbocycles. The molecule has 1 aliphatic heterocycles. The van der Waals surface area contributed by atoms with Crippen molar-refractivity contribution in [2.45, 2.75) is 12.3 Å². The van der Waals surface area contributed by atoms with E-state index in [2.05, 4.69) is 5.10 Å². The van der Waals surface area contributed by atoms with E-state index in [0.717, 1.165) is 5.69 Å². The lowest BCUT2D eigenvalue weighted by Gasteiger charge is -2.19. The average molecular weight is 342 g/mol. The Kier molecular flexibility index (Phi) is 3.51. The van der Waals surface area contributed by atoms with Gasteiger partial charge in [0.15, 0.2) is 6.10 Å². The third-order valence-corrected chi connectivity index (χ3v) is 4.18. The van der Waals surface area contributed by atoms with E-state index in [1.54, 1.807) is 35.0 Å². The van der Waals surface area contributed by atoms with Gasteiger partial charge in [-0.05, 0) is 29.8 Å². The monoisotopic (exact) mass is 342 g/mol. The van der Waals surface area contributed by atoms with Crippen molar-refractivity contribution in [3.8, 4) is 16.9 Å². The van der Waals surface area contributed by atoms with Crippen molar-refractivity contribution in [1.82, 2.24) is 9.78 Å². The van der Waals surface area contributed by atoms with Crippen molar-refractivity contribution in [2.75, 3.05) is 0 Å². The van der Waals surface area contributed by atoms with Gasteiger partial charge in [-0.25, -0.2) is 4.68 Å². The molecule has 0 saturated carbocycles. The molecular weight excluding hydrogens is 329 g/mol. The zero-order chi connectivity index (χ0) is 17.6. The topological polar surface area (TPSA) is 38.0 Å². The van der Waals surface area contributed by atoms with E-state index in [9.17, 15) is 18.3 Å². The molecule has 0 radical (unpaired) electrons. The fourth-order valence-electron chi connectivity index (χ4n) is 3.06. The zero-order valence-corrected chi connectivity index (χ0v) is 12.9. The van der Waals surface area contributed by atoms with E-state index in [0.29, 0.717) is 22.2 Å². The summed E-state index contributed by atoms with van der Waals surface area (Å²) in [6.45, 7) is 0. The highest BCUT2D eigenvalue weighted by Gasteiger charge is 2.41. The van der Waals surface area contributed by atoms with E-state index < -0.39 is 12.3 Å². The van der Waals surface area contributed by atoms with Crippen molar-refractivity contribution in [1.29, 1.82) is 0 Å². The molecule has 6 heteroatoms. The van der Waals surface area contributed by atoms with Crippen LogP contribution in [-0.2, 0) is 0 Å². The van der Waals surface area contributed by atoms with E-state index in [4.69, 9.17) is 0 Å². The standard InChI is InChI=1S/C19H13F3N2O/c20-19(21,22)18(25)14-10-11-16-17(14)13-8-4-5-9-15(13)23-24(16)12-6-2-1-3-7-12/h1-11,18,25H/t18-/m0/s1. The predicted molar refractivity (Wildman–Crippen MR) is 88.7 cm³/mol. The summed E-state index contributed by atoms with van der Waals surface area (Å²) < 4.78 is 40.9. The molecule has 1 atom stereocenters. The van der Waals surface area contributed by atoms with E-state index in [1.807, 2.05) is 30.3 Å². The van der Waals surface area contributed by atoms with Crippen LogP contribution in [-0.4, -0.2) is 21.1 Å².